The van der Waals surface area contributed by atoms with Crippen LogP contribution in [-0.2, 0) is 0 Å². The third-order valence-corrected chi connectivity index (χ3v) is 11.3. The minimum atomic E-state index is 0.0902. The van der Waals surface area contributed by atoms with Crippen LogP contribution < -0.4 is 21.7 Å². The van der Waals surface area contributed by atoms with Crippen LogP contribution in [0, 0.1) is 0 Å². The van der Waals surface area contributed by atoms with Gasteiger partial charge in [0.2, 0.25) is 11.2 Å². The van der Waals surface area contributed by atoms with E-state index >= 15 is 0 Å². The Kier molecular flexibility index (Phi) is 13.0. The Morgan fingerprint density at radius 3 is 1.51 bits per heavy atom. The van der Waals surface area contributed by atoms with Crippen LogP contribution in [0.2, 0.25) is 5.28 Å². The molecule has 10 aromatic rings. The maximum Gasteiger partial charge on any atom is 0.225 e. The predicted octanol–water partition coefficient (Wildman–Crippen LogP) is 11.8. The molecule has 61 heavy (non-hydrogen) atoms. The third-order valence-electron chi connectivity index (χ3n) is 9.32. The highest BCUT2D eigenvalue weighted by atomic mass is 35.5. The van der Waals surface area contributed by atoms with Crippen molar-refractivity contribution in [3.8, 4) is 11.4 Å². The van der Waals surface area contributed by atoms with E-state index in [4.69, 9.17) is 22.3 Å². The van der Waals surface area contributed by atoms with E-state index in [9.17, 15) is 0 Å². The van der Waals surface area contributed by atoms with E-state index in [0.29, 0.717) is 17.6 Å². The molecule has 0 fully saturated rings. The lowest BCUT2D eigenvalue weighted by atomic mass is 10.1. The monoisotopic (exact) mass is 860 g/mol. The number of nitrogens with two attached hydrogens (primary N) is 1. The van der Waals surface area contributed by atoms with E-state index in [2.05, 4.69) is 59.9 Å². The van der Waals surface area contributed by atoms with Crippen LogP contribution in [-0.4, -0.2) is 39.0 Å². The average molecular weight is 862 g/mol. The molecule has 0 aliphatic rings. The summed E-state index contributed by atoms with van der Waals surface area (Å²) in [6, 6.07) is 44.6. The number of para-hydroxylation sites is 2. The van der Waals surface area contributed by atoms with Crippen molar-refractivity contribution >= 4 is 83.9 Å². The number of imidazole rings is 2. The molecule has 2 atom stereocenters. The molecule has 6 aromatic heterocycles. The lowest BCUT2D eigenvalue weighted by Gasteiger charge is -2.15. The summed E-state index contributed by atoms with van der Waals surface area (Å²) in [6.07, 6.45) is 7.41. The Labute approximate surface area is 365 Å². The zero-order valence-corrected chi connectivity index (χ0v) is 35.6. The number of nitrogens with one attached hydrogen (secondary N) is 3. The smallest absolute Gasteiger partial charge is 0.225 e. The van der Waals surface area contributed by atoms with Gasteiger partial charge in [-0.05, 0) is 83.7 Å². The number of halogens is 1. The van der Waals surface area contributed by atoms with Gasteiger partial charge in [-0.2, -0.15) is 9.97 Å². The van der Waals surface area contributed by atoms with Crippen molar-refractivity contribution in [1.29, 1.82) is 0 Å². The molecule has 4 aromatic carbocycles. The number of nitrogens with zero attached hydrogens (tertiary/aromatic N) is 8. The van der Waals surface area contributed by atoms with Crippen LogP contribution in [0.25, 0.3) is 31.8 Å². The van der Waals surface area contributed by atoms with Crippen molar-refractivity contribution in [3.05, 3.63) is 186 Å². The van der Waals surface area contributed by atoms with Gasteiger partial charge in [-0.3, -0.25) is 0 Å². The molecule has 0 saturated heterocycles. The zero-order valence-electron chi connectivity index (χ0n) is 33.2. The fourth-order valence-corrected chi connectivity index (χ4v) is 7.94. The number of fused-ring (bicyclic) bond motifs is 2. The van der Waals surface area contributed by atoms with Gasteiger partial charge < -0.3 is 30.8 Å². The molecule has 15 heteroatoms. The van der Waals surface area contributed by atoms with Gasteiger partial charge in [0.25, 0.3) is 0 Å². The first-order valence-electron chi connectivity index (χ1n) is 19.4. The van der Waals surface area contributed by atoms with Gasteiger partial charge in [0.15, 0.2) is 11.6 Å². The summed E-state index contributed by atoms with van der Waals surface area (Å²) >= 11 is 9.14. The number of thiophene rings is 2. The first-order chi connectivity index (χ1) is 29.9. The van der Waals surface area contributed by atoms with Gasteiger partial charge in [0.1, 0.15) is 24.3 Å². The minimum Gasteiger partial charge on any atom is -0.348 e. The lowest BCUT2D eigenvalue weighted by molar-refractivity contribution is 0.818. The second-order valence-corrected chi connectivity index (χ2v) is 15.9. The second-order valence-electron chi connectivity index (χ2n) is 13.7. The summed E-state index contributed by atoms with van der Waals surface area (Å²) in [5.41, 5.74) is 11.8. The normalized spacial score (nSPS) is 11.8. The molecule has 0 saturated carbocycles. The molecule has 0 spiro atoms. The Morgan fingerprint density at radius 2 is 1.02 bits per heavy atom. The summed E-state index contributed by atoms with van der Waals surface area (Å²) in [4.78, 5) is 26.7. The second kappa shape index (κ2) is 19.4. The SMILES string of the molecule is C[C@H](N)c1ccccc1.C[C@H](Nc1nc(Nc2cn(-c3ccccc3)cn2)c2sccc2n1)c1ccccc1.Clc1nc(Nc2cn(-c3ccccc3)cn2)c2sccc2n1. The summed E-state index contributed by atoms with van der Waals surface area (Å²) < 4.78 is 5.88. The summed E-state index contributed by atoms with van der Waals surface area (Å²) in [6.45, 7) is 4.08. The standard InChI is InChI=1S/C23H20N6S.C15H10ClN5S.C8H11N/c1-16(17-8-4-2-5-9-17)25-23-26-19-12-13-30-21(19)22(28-23)27-20-14-29(15-24-20)18-10-6-3-7-11-18;16-15-18-11-6-7-22-13(11)14(20-15)19-12-8-21(9-17-12)10-4-2-1-3-5-10;1-7(9)8-5-3-2-4-6-8/h2-16H,1H3,(H2,25,26,27,28);1-9H,(H,18,19,20);2-7H,9H2,1H3/t16-;;7-/m0.0/s1. The van der Waals surface area contributed by atoms with E-state index in [1.165, 1.54) is 11.1 Å². The first-order valence-corrected chi connectivity index (χ1v) is 21.5. The molecule has 12 nitrogen and oxygen atoms in total. The van der Waals surface area contributed by atoms with E-state index in [1.807, 2.05) is 161 Å². The van der Waals surface area contributed by atoms with E-state index < -0.39 is 0 Å². The van der Waals surface area contributed by atoms with Crippen LogP contribution in [0.3, 0.4) is 0 Å². The maximum atomic E-state index is 5.96. The maximum absolute atomic E-state index is 5.96. The first kappa shape index (κ1) is 40.8. The largest absolute Gasteiger partial charge is 0.348 e. The molecule has 304 valence electrons. The summed E-state index contributed by atoms with van der Waals surface area (Å²) in [5.74, 6) is 3.43. The average Bonchev–Trinajstić information content (AvgIpc) is 4.14. The number of rotatable bonds is 10. The third kappa shape index (κ3) is 10.4. The predicted molar refractivity (Wildman–Crippen MR) is 251 cm³/mol. The van der Waals surface area contributed by atoms with Crippen molar-refractivity contribution in [3.63, 3.8) is 0 Å². The number of aromatic nitrogens is 8. The Bertz CT molecular complexity index is 2920. The highest BCUT2D eigenvalue weighted by Crippen LogP contribution is 2.31. The highest BCUT2D eigenvalue weighted by Gasteiger charge is 2.14. The van der Waals surface area contributed by atoms with Gasteiger partial charge in [-0.15, -0.1) is 22.7 Å². The molecule has 0 aliphatic carbocycles. The highest BCUT2D eigenvalue weighted by molar-refractivity contribution is 7.18. The van der Waals surface area contributed by atoms with E-state index in [0.717, 1.165) is 43.4 Å². The Balaban J connectivity index is 0.000000144. The van der Waals surface area contributed by atoms with E-state index in [1.54, 1.807) is 35.3 Å². The van der Waals surface area contributed by atoms with Crippen LogP contribution >= 0.6 is 34.3 Å². The molecule has 0 bridgehead atoms. The quantitative estimate of drug-likeness (QED) is 0.0979. The van der Waals surface area contributed by atoms with Crippen molar-refractivity contribution in [2.45, 2.75) is 25.9 Å². The fraction of sp³-hybridized carbons (Fsp3) is 0.0870. The molecule has 6 heterocycles. The topological polar surface area (TPSA) is 149 Å². The van der Waals surface area contributed by atoms with Crippen molar-refractivity contribution < 1.29 is 0 Å². The van der Waals surface area contributed by atoms with Gasteiger partial charge in [0, 0.05) is 17.4 Å². The molecule has 0 amide bonds. The fourth-order valence-electron chi connectivity index (χ4n) is 6.21. The van der Waals surface area contributed by atoms with Crippen molar-refractivity contribution in [2.75, 3.05) is 16.0 Å². The van der Waals surface area contributed by atoms with Gasteiger partial charge in [-0.1, -0.05) is 97.1 Å². The molecule has 0 unspecified atom stereocenters. The van der Waals surface area contributed by atoms with E-state index in [-0.39, 0.29) is 17.4 Å². The Morgan fingerprint density at radius 1 is 0.557 bits per heavy atom. The van der Waals surface area contributed by atoms with Crippen molar-refractivity contribution in [2.24, 2.45) is 5.73 Å². The molecule has 0 aliphatic heterocycles. The lowest BCUT2D eigenvalue weighted by Crippen LogP contribution is -2.10. The number of hydrogen-bond donors (Lipinski definition) is 4. The van der Waals surface area contributed by atoms with Crippen LogP contribution in [0.5, 0.6) is 0 Å². The van der Waals surface area contributed by atoms with Crippen LogP contribution in [0.1, 0.15) is 37.1 Å². The van der Waals surface area contributed by atoms with Crippen LogP contribution in [0.15, 0.2) is 169 Å². The van der Waals surface area contributed by atoms with Crippen LogP contribution in [0.4, 0.5) is 29.2 Å². The van der Waals surface area contributed by atoms with Gasteiger partial charge >= 0.3 is 0 Å². The van der Waals surface area contributed by atoms with Gasteiger partial charge in [-0.25, -0.2) is 19.9 Å². The molecule has 5 N–H and O–H groups in total. The molecular weight excluding hydrogens is 820 g/mol. The molecule has 10 rings (SSSR count). The number of benzene rings is 4. The zero-order chi connectivity index (χ0) is 42.0. The van der Waals surface area contributed by atoms with Gasteiger partial charge in [0.05, 0.1) is 38.9 Å². The number of hydrogen-bond acceptors (Lipinski definition) is 12. The summed E-state index contributed by atoms with van der Waals surface area (Å²) in [7, 11) is 0. The Hall–Kier alpha value is -6.97. The number of anilines is 5. The van der Waals surface area contributed by atoms with Crippen molar-refractivity contribution in [1.82, 2.24) is 39.0 Å². The summed E-state index contributed by atoms with van der Waals surface area (Å²) in [5, 5.41) is 14.2. The minimum absolute atomic E-state index is 0.0902. The molecule has 0 radical (unpaired) electrons. The molecular formula is C46H41ClN12S2.